The maximum Gasteiger partial charge on any atom is 0.317 e. The molecule has 0 spiro atoms. The normalized spacial score (nSPS) is 8.45. The first-order valence-corrected chi connectivity index (χ1v) is 3.59. The van der Waals surface area contributed by atoms with Crippen molar-refractivity contribution in [1.29, 1.82) is 5.26 Å². The van der Waals surface area contributed by atoms with Gasteiger partial charge in [-0.1, -0.05) is 0 Å². The molecular weight excluding hydrogens is 142 g/mol. The molecule has 1 N–H and O–H groups in total. The molecule has 2 amide bonds. The fourth-order valence-corrected chi connectivity index (χ4v) is 0.746. The molecule has 62 valence electrons. The summed E-state index contributed by atoms with van der Waals surface area (Å²) in [6.07, 6.45) is 0.390. The Balaban J connectivity index is 3.77. The molecule has 0 radical (unpaired) electrons. The lowest BCUT2D eigenvalue weighted by Crippen LogP contribution is -2.38. The van der Waals surface area contributed by atoms with Gasteiger partial charge in [-0.15, -0.1) is 0 Å². The fourth-order valence-electron chi connectivity index (χ4n) is 0.746. The minimum absolute atomic E-state index is 0.122. The Bertz CT molecular complexity index is 162. The Labute approximate surface area is 66.8 Å². The van der Waals surface area contributed by atoms with Crippen LogP contribution in [0.1, 0.15) is 13.3 Å². The van der Waals surface area contributed by atoms with Gasteiger partial charge < -0.3 is 10.2 Å². The van der Waals surface area contributed by atoms with Gasteiger partial charge in [-0.05, 0) is 6.92 Å². The van der Waals surface area contributed by atoms with Crippen LogP contribution in [0.3, 0.4) is 0 Å². The van der Waals surface area contributed by atoms with Crippen molar-refractivity contribution in [3.8, 4) is 6.07 Å². The monoisotopic (exact) mass is 155 g/mol. The van der Waals surface area contributed by atoms with E-state index in [2.05, 4.69) is 5.32 Å². The zero-order valence-corrected chi connectivity index (χ0v) is 6.92. The van der Waals surface area contributed by atoms with Crippen molar-refractivity contribution >= 4 is 6.03 Å². The van der Waals surface area contributed by atoms with Crippen LogP contribution in [0.25, 0.3) is 0 Å². The standard InChI is InChI=1S/C7H13N3O/c1-3-10(6-4-5-8)7(11)9-2/h3-4,6H2,1-2H3,(H,9,11). The van der Waals surface area contributed by atoms with Crippen molar-refractivity contribution in [2.45, 2.75) is 13.3 Å². The highest BCUT2D eigenvalue weighted by molar-refractivity contribution is 5.73. The number of nitrogens with zero attached hydrogens (tertiary/aromatic N) is 2. The first-order chi connectivity index (χ1) is 5.26. The van der Waals surface area contributed by atoms with Gasteiger partial charge in [0.15, 0.2) is 0 Å². The summed E-state index contributed by atoms with van der Waals surface area (Å²) in [6.45, 7) is 3.03. The van der Waals surface area contributed by atoms with Crippen LogP contribution in [-0.2, 0) is 0 Å². The molecule has 0 rings (SSSR count). The molecule has 0 saturated heterocycles. The number of nitriles is 1. The van der Waals surface area contributed by atoms with Crippen molar-refractivity contribution in [2.75, 3.05) is 20.1 Å². The highest BCUT2D eigenvalue weighted by atomic mass is 16.2. The smallest absolute Gasteiger partial charge is 0.317 e. The number of rotatable bonds is 3. The lowest BCUT2D eigenvalue weighted by atomic mass is 10.4. The Morgan fingerprint density at radius 1 is 1.73 bits per heavy atom. The highest BCUT2D eigenvalue weighted by Crippen LogP contribution is 1.90. The molecule has 0 aliphatic rings. The molecule has 0 unspecified atom stereocenters. The summed E-state index contributed by atoms with van der Waals surface area (Å²) < 4.78 is 0. The van der Waals surface area contributed by atoms with Gasteiger partial charge in [0.2, 0.25) is 0 Å². The van der Waals surface area contributed by atoms with Crippen molar-refractivity contribution < 1.29 is 4.79 Å². The van der Waals surface area contributed by atoms with E-state index in [1.54, 1.807) is 11.9 Å². The number of carbonyl (C=O) groups is 1. The van der Waals surface area contributed by atoms with Crippen molar-refractivity contribution in [2.24, 2.45) is 0 Å². The summed E-state index contributed by atoms with van der Waals surface area (Å²) in [4.78, 5) is 12.5. The van der Waals surface area contributed by atoms with Gasteiger partial charge >= 0.3 is 6.03 Å². The minimum atomic E-state index is -0.122. The van der Waals surface area contributed by atoms with E-state index in [0.29, 0.717) is 19.5 Å². The number of nitrogens with one attached hydrogen (secondary N) is 1. The zero-order chi connectivity index (χ0) is 8.69. The summed E-state index contributed by atoms with van der Waals surface area (Å²) in [5, 5.41) is 10.8. The maximum atomic E-state index is 11.0. The molecule has 11 heavy (non-hydrogen) atoms. The molecular formula is C7H13N3O. The van der Waals surface area contributed by atoms with Gasteiger partial charge in [0, 0.05) is 20.1 Å². The molecule has 0 aromatic heterocycles. The number of hydrogen-bond acceptors (Lipinski definition) is 2. The zero-order valence-electron chi connectivity index (χ0n) is 6.92. The molecule has 4 heteroatoms. The van der Waals surface area contributed by atoms with E-state index in [0.717, 1.165) is 0 Å². The summed E-state index contributed by atoms with van der Waals surface area (Å²) in [6, 6.07) is 1.87. The van der Waals surface area contributed by atoms with E-state index in [1.807, 2.05) is 13.0 Å². The van der Waals surface area contributed by atoms with Crippen LogP contribution in [0.15, 0.2) is 0 Å². The van der Waals surface area contributed by atoms with E-state index in [1.165, 1.54) is 0 Å². The number of urea groups is 1. The van der Waals surface area contributed by atoms with Gasteiger partial charge in [-0.25, -0.2) is 4.79 Å². The lowest BCUT2D eigenvalue weighted by molar-refractivity contribution is 0.204. The van der Waals surface area contributed by atoms with Gasteiger partial charge in [-0.2, -0.15) is 5.26 Å². The molecule has 0 bridgehead atoms. The van der Waals surface area contributed by atoms with Crippen LogP contribution >= 0.6 is 0 Å². The van der Waals surface area contributed by atoms with Gasteiger partial charge in [0.1, 0.15) is 0 Å². The molecule has 0 aliphatic carbocycles. The second-order valence-electron chi connectivity index (χ2n) is 2.04. The molecule has 0 heterocycles. The maximum absolute atomic E-state index is 11.0. The van der Waals surface area contributed by atoms with Crippen LogP contribution in [0.4, 0.5) is 4.79 Å². The lowest BCUT2D eigenvalue weighted by Gasteiger charge is -2.18. The van der Waals surface area contributed by atoms with Crippen LogP contribution in [0.5, 0.6) is 0 Å². The molecule has 0 aromatic rings. The average molecular weight is 155 g/mol. The van der Waals surface area contributed by atoms with E-state index in [9.17, 15) is 4.79 Å². The van der Waals surface area contributed by atoms with Gasteiger partial charge in [0.05, 0.1) is 12.5 Å². The van der Waals surface area contributed by atoms with Gasteiger partial charge in [-0.3, -0.25) is 0 Å². The number of carbonyl (C=O) groups excluding carboxylic acids is 1. The number of amides is 2. The quantitative estimate of drug-likeness (QED) is 0.647. The second kappa shape index (κ2) is 5.54. The molecule has 0 aromatic carbocycles. The van der Waals surface area contributed by atoms with Crippen LogP contribution in [0, 0.1) is 11.3 Å². The van der Waals surface area contributed by atoms with Crippen LogP contribution in [-0.4, -0.2) is 31.1 Å². The molecule has 0 fully saturated rings. The fraction of sp³-hybridized carbons (Fsp3) is 0.714. The first-order valence-electron chi connectivity index (χ1n) is 3.59. The Kier molecular flexibility index (Phi) is 4.91. The van der Waals surface area contributed by atoms with Gasteiger partial charge in [0.25, 0.3) is 0 Å². The second-order valence-corrected chi connectivity index (χ2v) is 2.04. The third kappa shape index (κ3) is 3.46. The Hall–Kier alpha value is -1.24. The topological polar surface area (TPSA) is 56.1 Å². The van der Waals surface area contributed by atoms with Crippen LogP contribution < -0.4 is 5.32 Å². The molecule has 4 nitrogen and oxygen atoms in total. The van der Waals surface area contributed by atoms with Crippen molar-refractivity contribution in [3.63, 3.8) is 0 Å². The predicted molar refractivity (Wildman–Crippen MR) is 41.9 cm³/mol. The molecule has 0 atom stereocenters. The SMILES string of the molecule is CCN(CCC#N)C(=O)NC. The van der Waals surface area contributed by atoms with E-state index < -0.39 is 0 Å². The summed E-state index contributed by atoms with van der Waals surface area (Å²) in [5.41, 5.74) is 0. The summed E-state index contributed by atoms with van der Waals surface area (Å²) in [5.74, 6) is 0. The number of hydrogen-bond donors (Lipinski definition) is 1. The molecule has 0 saturated carbocycles. The van der Waals surface area contributed by atoms with Crippen molar-refractivity contribution in [3.05, 3.63) is 0 Å². The Morgan fingerprint density at radius 3 is 2.73 bits per heavy atom. The Morgan fingerprint density at radius 2 is 2.36 bits per heavy atom. The summed E-state index contributed by atoms with van der Waals surface area (Å²) in [7, 11) is 1.58. The van der Waals surface area contributed by atoms with Crippen molar-refractivity contribution in [1.82, 2.24) is 10.2 Å². The summed E-state index contributed by atoms with van der Waals surface area (Å²) >= 11 is 0. The van der Waals surface area contributed by atoms with E-state index in [4.69, 9.17) is 5.26 Å². The van der Waals surface area contributed by atoms with E-state index >= 15 is 0 Å². The van der Waals surface area contributed by atoms with Crippen LogP contribution in [0.2, 0.25) is 0 Å². The average Bonchev–Trinajstić information content (AvgIpc) is 2.05. The molecule has 0 aliphatic heterocycles. The third-order valence-corrected chi connectivity index (χ3v) is 1.38. The predicted octanol–water partition coefficient (Wildman–Crippen LogP) is 0.561. The largest absolute Gasteiger partial charge is 0.341 e. The minimum Gasteiger partial charge on any atom is -0.341 e. The highest BCUT2D eigenvalue weighted by Gasteiger charge is 2.06. The first kappa shape index (κ1) is 9.76. The van der Waals surface area contributed by atoms with E-state index in [-0.39, 0.29) is 6.03 Å². The third-order valence-electron chi connectivity index (χ3n) is 1.38.